The number of nitrogens with zero attached hydrogens (tertiary/aromatic N) is 3. The molecule has 0 saturated heterocycles. The summed E-state index contributed by atoms with van der Waals surface area (Å²) < 4.78 is 4.71. The van der Waals surface area contributed by atoms with Gasteiger partial charge in [-0.05, 0) is 73.8 Å². The molecule has 3 nitrogen and oxygen atoms in total. The molecule has 4 heteroatoms. The SMILES string of the molecule is c1ccc(-n2c3ccc(-c4cccc5c4sc4c(-c6cccc7ccccc67)nc(-c6cccc7ccccc67)nc45)cc3c3c4ccccc4ccc32)cc1. The molecule has 0 bridgehead atoms. The highest BCUT2D eigenvalue weighted by Gasteiger charge is 2.22. The Labute approximate surface area is 326 Å². The minimum absolute atomic E-state index is 0.740. The van der Waals surface area contributed by atoms with Gasteiger partial charge in [-0.3, -0.25) is 0 Å². The Hall–Kier alpha value is -7.14. The van der Waals surface area contributed by atoms with Crippen molar-refractivity contribution < 1.29 is 0 Å². The number of hydrogen-bond acceptors (Lipinski definition) is 3. The molecule has 3 aromatic heterocycles. The first kappa shape index (κ1) is 31.2. The molecule has 56 heavy (non-hydrogen) atoms. The standard InChI is InChI=1S/C52H31N3S/c1-2-18-36(19-3-1)55-45-29-28-35(31-44(45)47-39-22-9-6-15-34(39)27-30-46(47)55)40-23-12-26-43-49-51(56-50(40)43)48(41-24-10-16-32-13-4-7-20-37(32)41)53-52(54-49)42-25-11-17-33-14-5-8-21-38(33)42/h1-31H. The molecule has 0 aliphatic heterocycles. The molecule has 12 rings (SSSR count). The predicted molar refractivity (Wildman–Crippen MR) is 238 cm³/mol. The summed E-state index contributed by atoms with van der Waals surface area (Å²) >= 11 is 1.80. The van der Waals surface area contributed by atoms with Gasteiger partial charge in [-0.15, -0.1) is 11.3 Å². The molecule has 0 amide bonds. The van der Waals surface area contributed by atoms with E-state index in [0.29, 0.717) is 0 Å². The van der Waals surface area contributed by atoms with E-state index >= 15 is 0 Å². The molecule has 0 aliphatic rings. The number of rotatable bonds is 4. The Morgan fingerprint density at radius 2 is 0.982 bits per heavy atom. The van der Waals surface area contributed by atoms with E-state index in [4.69, 9.17) is 9.97 Å². The fraction of sp³-hybridized carbons (Fsp3) is 0. The molecule has 0 atom stereocenters. The minimum atomic E-state index is 0.740. The summed E-state index contributed by atoms with van der Waals surface area (Å²) in [6, 6.07) is 67.7. The first-order valence-corrected chi connectivity index (χ1v) is 19.8. The molecule has 0 aliphatic carbocycles. The molecule has 0 unspecified atom stereocenters. The van der Waals surface area contributed by atoms with Crippen molar-refractivity contribution in [2.45, 2.75) is 0 Å². The van der Waals surface area contributed by atoms with Gasteiger partial charge in [0, 0.05) is 37.7 Å². The number of aromatic nitrogens is 3. The lowest BCUT2D eigenvalue weighted by Gasteiger charge is -2.11. The van der Waals surface area contributed by atoms with Crippen LogP contribution in [0.5, 0.6) is 0 Å². The molecule has 12 aromatic rings. The van der Waals surface area contributed by atoms with Crippen molar-refractivity contribution in [3.63, 3.8) is 0 Å². The van der Waals surface area contributed by atoms with Crippen LogP contribution >= 0.6 is 11.3 Å². The summed E-state index contributed by atoms with van der Waals surface area (Å²) in [5.41, 5.74) is 10.0. The van der Waals surface area contributed by atoms with Crippen molar-refractivity contribution in [2.24, 2.45) is 0 Å². The van der Waals surface area contributed by atoms with Crippen LogP contribution in [0.4, 0.5) is 0 Å². The highest BCUT2D eigenvalue weighted by molar-refractivity contribution is 7.26. The Balaban J connectivity index is 1.15. The van der Waals surface area contributed by atoms with Crippen LogP contribution in [-0.4, -0.2) is 14.5 Å². The normalized spacial score (nSPS) is 11.9. The van der Waals surface area contributed by atoms with Crippen LogP contribution in [0.15, 0.2) is 188 Å². The van der Waals surface area contributed by atoms with Gasteiger partial charge in [-0.1, -0.05) is 158 Å². The summed E-state index contributed by atoms with van der Waals surface area (Å²) in [5.74, 6) is 0.740. The van der Waals surface area contributed by atoms with Gasteiger partial charge >= 0.3 is 0 Å². The van der Waals surface area contributed by atoms with Crippen molar-refractivity contribution in [2.75, 3.05) is 0 Å². The Kier molecular flexibility index (Phi) is 6.80. The monoisotopic (exact) mass is 729 g/mol. The van der Waals surface area contributed by atoms with Crippen molar-refractivity contribution in [1.29, 1.82) is 0 Å². The van der Waals surface area contributed by atoms with E-state index in [1.54, 1.807) is 11.3 Å². The summed E-state index contributed by atoms with van der Waals surface area (Å²) in [6.45, 7) is 0. The molecule has 0 spiro atoms. The lowest BCUT2D eigenvalue weighted by Crippen LogP contribution is -1.95. The lowest BCUT2D eigenvalue weighted by molar-refractivity contribution is 1.18. The number of para-hydroxylation sites is 1. The average molecular weight is 730 g/mol. The second kappa shape index (κ2) is 12.2. The van der Waals surface area contributed by atoms with E-state index in [2.05, 4.69) is 193 Å². The first-order valence-electron chi connectivity index (χ1n) is 19.0. The topological polar surface area (TPSA) is 30.7 Å². The third-order valence-electron chi connectivity index (χ3n) is 11.4. The van der Waals surface area contributed by atoms with Crippen LogP contribution in [-0.2, 0) is 0 Å². The Bertz CT molecular complexity index is 3530. The van der Waals surface area contributed by atoms with Gasteiger partial charge in [0.1, 0.15) is 0 Å². The molecule has 9 aromatic carbocycles. The van der Waals surface area contributed by atoms with Crippen LogP contribution in [0.1, 0.15) is 0 Å². The molecule has 0 saturated carbocycles. The average Bonchev–Trinajstić information content (AvgIpc) is 3.82. The number of hydrogen-bond donors (Lipinski definition) is 0. The highest BCUT2D eigenvalue weighted by atomic mass is 32.1. The van der Waals surface area contributed by atoms with Crippen LogP contribution in [0.25, 0.3) is 114 Å². The van der Waals surface area contributed by atoms with Gasteiger partial charge in [-0.25, -0.2) is 9.97 Å². The third kappa shape index (κ3) is 4.63. The van der Waals surface area contributed by atoms with E-state index in [0.717, 1.165) is 49.3 Å². The van der Waals surface area contributed by atoms with E-state index < -0.39 is 0 Å². The Morgan fingerprint density at radius 3 is 1.77 bits per heavy atom. The maximum Gasteiger partial charge on any atom is 0.161 e. The second-order valence-electron chi connectivity index (χ2n) is 14.5. The maximum atomic E-state index is 5.47. The van der Waals surface area contributed by atoms with Crippen molar-refractivity contribution in [3.8, 4) is 39.5 Å². The number of benzene rings is 9. The minimum Gasteiger partial charge on any atom is -0.309 e. The van der Waals surface area contributed by atoms with E-state index in [1.165, 1.54) is 64.6 Å². The van der Waals surface area contributed by atoms with E-state index in [9.17, 15) is 0 Å². The van der Waals surface area contributed by atoms with Crippen molar-refractivity contribution in [3.05, 3.63) is 188 Å². The quantitative estimate of drug-likeness (QED) is 0.181. The largest absolute Gasteiger partial charge is 0.309 e. The molecule has 0 radical (unpaired) electrons. The Morgan fingerprint density at radius 1 is 0.393 bits per heavy atom. The van der Waals surface area contributed by atoms with Gasteiger partial charge in [-0.2, -0.15) is 0 Å². The zero-order valence-electron chi connectivity index (χ0n) is 30.1. The van der Waals surface area contributed by atoms with Crippen LogP contribution in [0, 0.1) is 0 Å². The molecule has 260 valence electrons. The first-order chi connectivity index (χ1) is 27.8. The van der Waals surface area contributed by atoms with E-state index in [1.807, 2.05) is 0 Å². The summed E-state index contributed by atoms with van der Waals surface area (Å²) in [4.78, 5) is 10.9. The molecule has 0 N–H and O–H groups in total. The zero-order valence-corrected chi connectivity index (χ0v) is 31.0. The summed E-state index contributed by atoms with van der Waals surface area (Å²) in [6.07, 6.45) is 0. The van der Waals surface area contributed by atoms with Gasteiger partial charge in [0.05, 0.1) is 26.9 Å². The third-order valence-corrected chi connectivity index (χ3v) is 12.6. The lowest BCUT2D eigenvalue weighted by atomic mass is 9.98. The molecule has 0 fully saturated rings. The van der Waals surface area contributed by atoms with Crippen LogP contribution in [0.2, 0.25) is 0 Å². The van der Waals surface area contributed by atoms with Gasteiger partial charge < -0.3 is 4.57 Å². The van der Waals surface area contributed by atoms with Gasteiger partial charge in [0.2, 0.25) is 0 Å². The smallest absolute Gasteiger partial charge is 0.161 e. The van der Waals surface area contributed by atoms with Crippen molar-refractivity contribution >= 4 is 85.8 Å². The maximum absolute atomic E-state index is 5.47. The van der Waals surface area contributed by atoms with Crippen molar-refractivity contribution in [1.82, 2.24) is 14.5 Å². The molecular weight excluding hydrogens is 699 g/mol. The fourth-order valence-corrected chi connectivity index (χ4v) is 10.1. The van der Waals surface area contributed by atoms with Gasteiger partial charge in [0.25, 0.3) is 0 Å². The highest BCUT2D eigenvalue weighted by Crippen LogP contribution is 2.46. The van der Waals surface area contributed by atoms with Gasteiger partial charge in [0.15, 0.2) is 5.82 Å². The second-order valence-corrected chi connectivity index (χ2v) is 15.5. The number of fused-ring (bicyclic) bond motifs is 10. The van der Waals surface area contributed by atoms with Crippen LogP contribution < -0.4 is 0 Å². The summed E-state index contributed by atoms with van der Waals surface area (Å²) in [7, 11) is 0. The predicted octanol–water partition coefficient (Wildman–Crippen LogP) is 14.4. The van der Waals surface area contributed by atoms with Crippen LogP contribution in [0.3, 0.4) is 0 Å². The van der Waals surface area contributed by atoms with E-state index in [-0.39, 0.29) is 0 Å². The molecular formula is C52H31N3S. The number of thiophene rings is 1. The summed E-state index contributed by atoms with van der Waals surface area (Å²) in [5, 5.41) is 10.9. The molecule has 3 heterocycles. The fourth-order valence-electron chi connectivity index (χ4n) is 8.86. The zero-order chi connectivity index (χ0) is 36.7.